The average Bonchev–Trinajstić information content (AvgIpc) is 3.16. The van der Waals surface area contributed by atoms with Crippen molar-refractivity contribution in [1.82, 2.24) is 4.98 Å². The Balaban J connectivity index is 1.76. The summed E-state index contributed by atoms with van der Waals surface area (Å²) in [5.41, 5.74) is 5.89. The molecule has 19 heavy (non-hydrogen) atoms. The second-order valence-electron chi connectivity index (χ2n) is 4.86. The summed E-state index contributed by atoms with van der Waals surface area (Å²) < 4.78 is 2.01. The van der Waals surface area contributed by atoms with Crippen molar-refractivity contribution in [2.24, 2.45) is 11.7 Å². The maximum absolute atomic E-state index is 11.3. The number of carbonyl (C=O) groups is 1. The number of carboxylic acids is 1. The van der Waals surface area contributed by atoms with Gasteiger partial charge in [0.15, 0.2) is 4.34 Å². The molecule has 1 unspecified atom stereocenters. The van der Waals surface area contributed by atoms with Gasteiger partial charge < -0.3 is 10.8 Å². The van der Waals surface area contributed by atoms with Crippen molar-refractivity contribution in [2.45, 2.75) is 22.7 Å². The first-order valence-corrected chi connectivity index (χ1v) is 7.90. The number of nitrogens with two attached hydrogens (primary N) is 1. The van der Waals surface area contributed by atoms with Gasteiger partial charge in [-0.1, -0.05) is 23.9 Å². The third-order valence-electron chi connectivity index (χ3n) is 3.41. The molecule has 2 aromatic rings. The maximum atomic E-state index is 11.3. The highest BCUT2D eigenvalue weighted by Gasteiger charge is 2.48. The molecule has 1 heterocycles. The lowest BCUT2D eigenvalue weighted by Crippen LogP contribution is -2.52. The minimum Gasteiger partial charge on any atom is -0.480 e. The van der Waals surface area contributed by atoms with Crippen molar-refractivity contribution < 1.29 is 9.90 Å². The Bertz CT molecular complexity index is 591. The summed E-state index contributed by atoms with van der Waals surface area (Å²) >= 11 is 3.04. The van der Waals surface area contributed by atoms with Gasteiger partial charge in [0.2, 0.25) is 0 Å². The van der Waals surface area contributed by atoms with E-state index in [-0.39, 0.29) is 5.92 Å². The molecular formula is C13H14N2O2S2. The molecule has 1 aromatic heterocycles. The zero-order valence-corrected chi connectivity index (χ0v) is 11.8. The molecule has 4 nitrogen and oxygen atoms in total. The van der Waals surface area contributed by atoms with E-state index >= 15 is 0 Å². The molecule has 0 bridgehead atoms. The predicted molar refractivity (Wildman–Crippen MR) is 77.6 cm³/mol. The molecule has 1 atom stereocenters. The van der Waals surface area contributed by atoms with Crippen molar-refractivity contribution in [3.8, 4) is 0 Å². The first-order chi connectivity index (χ1) is 9.09. The first kappa shape index (κ1) is 12.9. The Kier molecular flexibility index (Phi) is 3.24. The largest absolute Gasteiger partial charge is 0.480 e. The number of benzene rings is 1. The molecule has 0 amide bonds. The minimum atomic E-state index is -1.11. The van der Waals surface area contributed by atoms with Gasteiger partial charge in [0.1, 0.15) is 5.54 Å². The third kappa shape index (κ3) is 2.48. The van der Waals surface area contributed by atoms with Crippen LogP contribution in [0.5, 0.6) is 0 Å². The summed E-state index contributed by atoms with van der Waals surface area (Å²) in [6.45, 7) is 0. The van der Waals surface area contributed by atoms with Gasteiger partial charge in [0.05, 0.1) is 10.2 Å². The summed E-state index contributed by atoms with van der Waals surface area (Å²) in [7, 11) is 0. The Morgan fingerprint density at radius 2 is 2.26 bits per heavy atom. The SMILES string of the molecule is NC(CSc1nc2ccccc2s1)(C(=O)O)C1CC1. The highest BCUT2D eigenvalue weighted by molar-refractivity contribution is 8.01. The van der Waals surface area contributed by atoms with Crippen LogP contribution in [0.4, 0.5) is 0 Å². The lowest BCUT2D eigenvalue weighted by atomic mass is 9.98. The number of fused-ring (bicyclic) bond motifs is 1. The fraction of sp³-hybridized carbons (Fsp3) is 0.385. The van der Waals surface area contributed by atoms with Crippen LogP contribution >= 0.6 is 23.1 Å². The van der Waals surface area contributed by atoms with Crippen LogP contribution in [-0.2, 0) is 4.79 Å². The zero-order chi connectivity index (χ0) is 13.5. The van der Waals surface area contributed by atoms with Gasteiger partial charge in [0.25, 0.3) is 0 Å². The van der Waals surface area contributed by atoms with Crippen LogP contribution in [-0.4, -0.2) is 27.4 Å². The molecule has 1 aromatic carbocycles. The molecule has 1 saturated carbocycles. The number of aromatic nitrogens is 1. The Hall–Kier alpha value is -1.11. The lowest BCUT2D eigenvalue weighted by molar-refractivity contribution is -0.143. The van der Waals surface area contributed by atoms with E-state index in [1.54, 1.807) is 11.3 Å². The standard InChI is InChI=1S/C13H14N2O2S2/c14-13(11(16)17,8-5-6-8)7-18-12-15-9-3-1-2-4-10(9)19-12/h1-4,8H,5-7,14H2,(H,16,17). The van der Waals surface area contributed by atoms with Gasteiger partial charge in [-0.3, -0.25) is 4.79 Å². The number of hydrogen-bond donors (Lipinski definition) is 2. The predicted octanol–water partition coefficient (Wildman–Crippen LogP) is 2.58. The van der Waals surface area contributed by atoms with E-state index in [9.17, 15) is 9.90 Å². The van der Waals surface area contributed by atoms with E-state index in [0.29, 0.717) is 5.75 Å². The van der Waals surface area contributed by atoms with Crippen molar-refractivity contribution in [2.75, 3.05) is 5.75 Å². The molecule has 1 aliphatic carbocycles. The van der Waals surface area contributed by atoms with Crippen LogP contribution in [0, 0.1) is 5.92 Å². The number of rotatable bonds is 5. The first-order valence-electron chi connectivity index (χ1n) is 6.10. The fourth-order valence-electron chi connectivity index (χ4n) is 2.05. The smallest absolute Gasteiger partial charge is 0.324 e. The lowest BCUT2D eigenvalue weighted by Gasteiger charge is -2.23. The summed E-state index contributed by atoms with van der Waals surface area (Å²) in [5, 5.41) is 9.31. The molecule has 0 radical (unpaired) electrons. The van der Waals surface area contributed by atoms with Crippen LogP contribution in [0.15, 0.2) is 28.6 Å². The number of carboxylic acid groups (broad SMARTS) is 1. The number of nitrogens with zero attached hydrogens (tertiary/aromatic N) is 1. The topological polar surface area (TPSA) is 76.2 Å². The maximum Gasteiger partial charge on any atom is 0.324 e. The summed E-state index contributed by atoms with van der Waals surface area (Å²) in [5.74, 6) is -0.400. The number of aliphatic carboxylic acids is 1. The van der Waals surface area contributed by atoms with Gasteiger partial charge in [-0.05, 0) is 30.9 Å². The summed E-state index contributed by atoms with van der Waals surface area (Å²) in [4.78, 5) is 15.8. The molecule has 0 aliphatic heterocycles. The van der Waals surface area contributed by atoms with Crippen LogP contribution in [0.2, 0.25) is 0 Å². The van der Waals surface area contributed by atoms with Gasteiger partial charge >= 0.3 is 5.97 Å². The second kappa shape index (κ2) is 4.77. The van der Waals surface area contributed by atoms with Crippen LogP contribution in [0.1, 0.15) is 12.8 Å². The van der Waals surface area contributed by atoms with Crippen molar-refractivity contribution in [3.05, 3.63) is 24.3 Å². The Morgan fingerprint density at radius 1 is 1.53 bits per heavy atom. The fourth-order valence-corrected chi connectivity index (χ4v) is 4.31. The van der Waals surface area contributed by atoms with Gasteiger partial charge in [0, 0.05) is 5.75 Å². The Labute approximate surface area is 119 Å². The molecule has 0 spiro atoms. The number of thiazole rings is 1. The summed E-state index contributed by atoms with van der Waals surface area (Å²) in [6.07, 6.45) is 1.84. The second-order valence-corrected chi connectivity index (χ2v) is 7.11. The van der Waals surface area contributed by atoms with E-state index in [2.05, 4.69) is 4.98 Å². The van der Waals surface area contributed by atoms with E-state index in [0.717, 1.165) is 27.4 Å². The summed E-state index contributed by atoms with van der Waals surface area (Å²) in [6, 6.07) is 7.91. The monoisotopic (exact) mass is 294 g/mol. The molecule has 1 aliphatic rings. The number of thioether (sulfide) groups is 1. The van der Waals surface area contributed by atoms with Crippen LogP contribution < -0.4 is 5.73 Å². The highest BCUT2D eigenvalue weighted by atomic mass is 32.2. The van der Waals surface area contributed by atoms with Crippen LogP contribution in [0.3, 0.4) is 0 Å². The van der Waals surface area contributed by atoms with E-state index in [4.69, 9.17) is 5.73 Å². The van der Waals surface area contributed by atoms with E-state index in [1.807, 2.05) is 24.3 Å². The number of para-hydroxylation sites is 1. The highest BCUT2D eigenvalue weighted by Crippen LogP contribution is 2.41. The molecule has 3 rings (SSSR count). The van der Waals surface area contributed by atoms with Crippen molar-refractivity contribution in [1.29, 1.82) is 0 Å². The molecule has 0 saturated heterocycles. The van der Waals surface area contributed by atoms with Gasteiger partial charge in [-0.25, -0.2) is 4.98 Å². The molecule has 3 N–H and O–H groups in total. The van der Waals surface area contributed by atoms with Crippen molar-refractivity contribution in [3.63, 3.8) is 0 Å². The average molecular weight is 294 g/mol. The normalized spacial score (nSPS) is 18.4. The van der Waals surface area contributed by atoms with Gasteiger partial charge in [-0.15, -0.1) is 11.3 Å². The quantitative estimate of drug-likeness (QED) is 0.829. The minimum absolute atomic E-state index is 0.117. The number of hydrogen-bond acceptors (Lipinski definition) is 5. The molecular weight excluding hydrogens is 280 g/mol. The van der Waals surface area contributed by atoms with Crippen molar-refractivity contribution >= 4 is 39.3 Å². The van der Waals surface area contributed by atoms with Crippen LogP contribution in [0.25, 0.3) is 10.2 Å². The third-order valence-corrected chi connectivity index (χ3v) is 5.81. The molecule has 6 heteroatoms. The van der Waals surface area contributed by atoms with E-state index < -0.39 is 11.5 Å². The molecule has 100 valence electrons. The zero-order valence-electron chi connectivity index (χ0n) is 10.2. The van der Waals surface area contributed by atoms with Gasteiger partial charge in [-0.2, -0.15) is 0 Å². The van der Waals surface area contributed by atoms with E-state index in [1.165, 1.54) is 11.8 Å². The Morgan fingerprint density at radius 3 is 2.89 bits per heavy atom. The molecule has 1 fully saturated rings.